The van der Waals surface area contributed by atoms with Crippen LogP contribution < -0.4 is 0 Å². The lowest BCUT2D eigenvalue weighted by Crippen LogP contribution is -1.94. The van der Waals surface area contributed by atoms with Gasteiger partial charge in [-0.2, -0.15) is 5.26 Å². The average molecular weight is 435 g/mol. The molecule has 34 heavy (non-hydrogen) atoms. The molecule has 0 aliphatic heterocycles. The molecule has 0 saturated heterocycles. The third kappa shape index (κ3) is 3.18. The predicted molar refractivity (Wildman–Crippen MR) is 141 cm³/mol. The van der Waals surface area contributed by atoms with Gasteiger partial charge in [-0.05, 0) is 60.0 Å². The Labute approximate surface area is 199 Å². The molecule has 0 bridgehead atoms. The SMILES string of the molecule is Cc1ccc2c(c1)c1ccccc1n2-c1ccc(-c2cccc(C#N)c2-c2ccccc2)cc1. The van der Waals surface area contributed by atoms with Crippen molar-refractivity contribution >= 4 is 21.8 Å². The van der Waals surface area contributed by atoms with Crippen molar-refractivity contribution in [3.05, 3.63) is 126 Å². The van der Waals surface area contributed by atoms with E-state index in [0.717, 1.165) is 27.9 Å². The first-order valence-electron chi connectivity index (χ1n) is 11.4. The molecule has 0 atom stereocenters. The number of hydrogen-bond donors (Lipinski definition) is 0. The Morgan fingerprint density at radius 1 is 0.618 bits per heavy atom. The van der Waals surface area contributed by atoms with E-state index in [0.29, 0.717) is 5.56 Å². The van der Waals surface area contributed by atoms with Crippen LogP contribution in [0, 0.1) is 18.3 Å². The molecule has 0 aliphatic rings. The van der Waals surface area contributed by atoms with E-state index in [2.05, 4.69) is 102 Å². The molecule has 0 amide bonds. The summed E-state index contributed by atoms with van der Waals surface area (Å²) in [6.07, 6.45) is 0. The fourth-order valence-corrected chi connectivity index (χ4v) is 4.96. The number of aryl methyl sites for hydroxylation is 1. The monoisotopic (exact) mass is 434 g/mol. The molecule has 0 N–H and O–H groups in total. The van der Waals surface area contributed by atoms with Gasteiger partial charge in [0.2, 0.25) is 0 Å². The van der Waals surface area contributed by atoms with E-state index in [1.165, 1.54) is 27.4 Å². The second-order valence-electron chi connectivity index (χ2n) is 8.63. The van der Waals surface area contributed by atoms with Crippen LogP contribution in [0.2, 0.25) is 0 Å². The number of hydrogen-bond acceptors (Lipinski definition) is 1. The smallest absolute Gasteiger partial charge is 0.0998 e. The first-order chi connectivity index (χ1) is 16.7. The topological polar surface area (TPSA) is 28.7 Å². The highest BCUT2D eigenvalue weighted by Gasteiger charge is 2.14. The Bertz CT molecular complexity index is 1700. The normalized spacial score (nSPS) is 11.1. The third-order valence-electron chi connectivity index (χ3n) is 6.51. The first-order valence-corrected chi connectivity index (χ1v) is 11.4. The summed E-state index contributed by atoms with van der Waals surface area (Å²) in [7, 11) is 0. The van der Waals surface area contributed by atoms with Crippen molar-refractivity contribution in [1.82, 2.24) is 4.57 Å². The van der Waals surface area contributed by atoms with E-state index < -0.39 is 0 Å². The highest BCUT2D eigenvalue weighted by Crippen LogP contribution is 2.37. The van der Waals surface area contributed by atoms with Gasteiger partial charge in [0.25, 0.3) is 0 Å². The highest BCUT2D eigenvalue weighted by molar-refractivity contribution is 6.09. The van der Waals surface area contributed by atoms with Crippen molar-refractivity contribution < 1.29 is 0 Å². The summed E-state index contributed by atoms with van der Waals surface area (Å²) < 4.78 is 2.33. The van der Waals surface area contributed by atoms with Crippen molar-refractivity contribution in [3.63, 3.8) is 0 Å². The van der Waals surface area contributed by atoms with Gasteiger partial charge in [-0.3, -0.25) is 0 Å². The first kappa shape index (κ1) is 20.0. The maximum absolute atomic E-state index is 9.79. The molecule has 5 aromatic carbocycles. The van der Waals surface area contributed by atoms with Gasteiger partial charge in [-0.15, -0.1) is 0 Å². The van der Waals surface area contributed by atoms with E-state index in [9.17, 15) is 5.26 Å². The van der Waals surface area contributed by atoms with Gasteiger partial charge in [0.05, 0.1) is 22.7 Å². The Hall–Kier alpha value is -4.61. The van der Waals surface area contributed by atoms with Crippen molar-refractivity contribution in [3.8, 4) is 34.0 Å². The number of fused-ring (bicyclic) bond motifs is 3. The Morgan fingerprint density at radius 3 is 2.15 bits per heavy atom. The number of rotatable bonds is 3. The second kappa shape index (κ2) is 8.06. The summed E-state index contributed by atoms with van der Waals surface area (Å²) in [6.45, 7) is 2.14. The van der Waals surface area contributed by atoms with Crippen LogP contribution in [0.15, 0.2) is 115 Å². The summed E-state index contributed by atoms with van der Waals surface area (Å²) in [6, 6.07) is 42.4. The van der Waals surface area contributed by atoms with Crippen LogP contribution in [0.1, 0.15) is 11.1 Å². The van der Waals surface area contributed by atoms with Crippen molar-refractivity contribution in [2.45, 2.75) is 6.92 Å². The number of nitriles is 1. The van der Waals surface area contributed by atoms with E-state index in [4.69, 9.17) is 0 Å². The molecular weight excluding hydrogens is 412 g/mol. The standard InChI is InChI=1S/C32H22N2/c1-22-14-19-31-29(20-22)28-11-5-6-13-30(28)34(31)26-17-15-23(16-18-26)27-12-7-10-25(21-33)32(27)24-8-3-2-4-9-24/h2-20H,1H3. The molecule has 1 aromatic heterocycles. The van der Waals surface area contributed by atoms with Crippen LogP contribution in [0.4, 0.5) is 0 Å². The van der Waals surface area contributed by atoms with E-state index in [1.807, 2.05) is 30.3 Å². The minimum absolute atomic E-state index is 0.686. The average Bonchev–Trinajstić information content (AvgIpc) is 3.22. The largest absolute Gasteiger partial charge is 0.309 e. The molecule has 0 unspecified atom stereocenters. The highest BCUT2D eigenvalue weighted by atomic mass is 15.0. The summed E-state index contributed by atoms with van der Waals surface area (Å²) in [5, 5.41) is 12.3. The van der Waals surface area contributed by atoms with E-state index in [-0.39, 0.29) is 0 Å². The summed E-state index contributed by atoms with van der Waals surface area (Å²) >= 11 is 0. The lowest BCUT2D eigenvalue weighted by Gasteiger charge is -2.14. The second-order valence-corrected chi connectivity index (χ2v) is 8.63. The van der Waals surface area contributed by atoms with Gasteiger partial charge in [-0.25, -0.2) is 0 Å². The summed E-state index contributed by atoms with van der Waals surface area (Å²) in [5.74, 6) is 0. The third-order valence-corrected chi connectivity index (χ3v) is 6.51. The zero-order valence-electron chi connectivity index (χ0n) is 18.9. The zero-order chi connectivity index (χ0) is 23.1. The van der Waals surface area contributed by atoms with Gasteiger partial charge in [0, 0.05) is 22.0 Å². The number of aromatic nitrogens is 1. The summed E-state index contributed by atoms with van der Waals surface area (Å²) in [5.41, 5.74) is 9.66. The van der Waals surface area contributed by atoms with Crippen LogP contribution in [0.5, 0.6) is 0 Å². The van der Waals surface area contributed by atoms with Gasteiger partial charge < -0.3 is 4.57 Å². The molecule has 1 heterocycles. The van der Waals surface area contributed by atoms with Gasteiger partial charge in [0.15, 0.2) is 0 Å². The van der Waals surface area contributed by atoms with Crippen molar-refractivity contribution in [2.75, 3.05) is 0 Å². The van der Waals surface area contributed by atoms with Crippen LogP contribution in [0.25, 0.3) is 49.7 Å². The van der Waals surface area contributed by atoms with Gasteiger partial charge in [0.1, 0.15) is 0 Å². The lowest BCUT2D eigenvalue weighted by molar-refractivity contribution is 1.18. The van der Waals surface area contributed by atoms with Gasteiger partial charge >= 0.3 is 0 Å². The molecule has 160 valence electrons. The lowest BCUT2D eigenvalue weighted by atomic mass is 9.91. The zero-order valence-corrected chi connectivity index (χ0v) is 18.9. The fraction of sp³-hybridized carbons (Fsp3) is 0.0312. The Balaban J connectivity index is 1.53. The number of benzene rings is 5. The molecule has 0 fully saturated rings. The quantitative estimate of drug-likeness (QED) is 0.275. The van der Waals surface area contributed by atoms with E-state index in [1.54, 1.807) is 0 Å². The molecule has 0 aliphatic carbocycles. The summed E-state index contributed by atoms with van der Waals surface area (Å²) in [4.78, 5) is 0. The molecule has 2 nitrogen and oxygen atoms in total. The molecule has 2 heteroatoms. The predicted octanol–water partition coefficient (Wildman–Crippen LogP) is 8.30. The Morgan fingerprint density at radius 2 is 1.35 bits per heavy atom. The van der Waals surface area contributed by atoms with Crippen LogP contribution >= 0.6 is 0 Å². The van der Waals surface area contributed by atoms with E-state index >= 15 is 0 Å². The molecule has 0 radical (unpaired) electrons. The minimum Gasteiger partial charge on any atom is -0.309 e. The van der Waals surface area contributed by atoms with Crippen LogP contribution in [-0.4, -0.2) is 4.57 Å². The maximum Gasteiger partial charge on any atom is 0.0998 e. The molecule has 6 aromatic rings. The molecule has 6 rings (SSSR count). The van der Waals surface area contributed by atoms with Crippen LogP contribution in [0.3, 0.4) is 0 Å². The molecular formula is C32H22N2. The van der Waals surface area contributed by atoms with Crippen molar-refractivity contribution in [2.24, 2.45) is 0 Å². The number of nitrogens with zero attached hydrogens (tertiary/aromatic N) is 2. The van der Waals surface area contributed by atoms with Crippen molar-refractivity contribution in [1.29, 1.82) is 5.26 Å². The molecule has 0 spiro atoms. The Kier molecular flexibility index (Phi) is 4.75. The number of para-hydroxylation sites is 1. The van der Waals surface area contributed by atoms with Crippen LogP contribution in [-0.2, 0) is 0 Å². The van der Waals surface area contributed by atoms with Gasteiger partial charge in [-0.1, -0.05) is 84.4 Å². The minimum atomic E-state index is 0.686. The molecule has 0 saturated carbocycles. The fourth-order valence-electron chi connectivity index (χ4n) is 4.96. The maximum atomic E-state index is 9.79.